The lowest BCUT2D eigenvalue weighted by molar-refractivity contribution is -0.933. The molecule has 144 valence electrons. The van der Waals surface area contributed by atoms with Gasteiger partial charge in [0.1, 0.15) is 6.04 Å². The molecule has 1 aliphatic rings. The van der Waals surface area contributed by atoms with Crippen LogP contribution < -0.4 is 4.90 Å². The Morgan fingerprint density at radius 2 is 1.81 bits per heavy atom. The summed E-state index contributed by atoms with van der Waals surface area (Å²) < 4.78 is 27.1. The zero-order valence-electron chi connectivity index (χ0n) is 14.8. The van der Waals surface area contributed by atoms with E-state index in [1.807, 2.05) is 13.0 Å². The molecule has 2 aromatic carbocycles. The molecular weight excluding hydrogens is 390 g/mol. The largest absolute Gasteiger partial charge is 0.327 e. The number of nitro benzene ring substituents is 1. The lowest BCUT2D eigenvalue weighted by Crippen LogP contribution is -3.14. The first-order chi connectivity index (χ1) is 12.8. The Labute approximate surface area is 163 Å². The van der Waals surface area contributed by atoms with E-state index < -0.39 is 14.9 Å². The molecule has 0 amide bonds. The molecule has 0 radical (unpaired) electrons. The number of halogens is 1. The summed E-state index contributed by atoms with van der Waals surface area (Å²) in [5.41, 5.74) is 0.950. The maximum absolute atomic E-state index is 12.8. The maximum Gasteiger partial charge on any atom is 0.269 e. The van der Waals surface area contributed by atoms with E-state index in [4.69, 9.17) is 11.6 Å². The molecule has 1 atom stereocenters. The molecule has 1 saturated heterocycles. The van der Waals surface area contributed by atoms with Crippen LogP contribution in [0.3, 0.4) is 0 Å². The number of sulfonamides is 1. The molecule has 1 fully saturated rings. The Hall–Kier alpha value is -2.00. The summed E-state index contributed by atoms with van der Waals surface area (Å²) in [4.78, 5) is 12.0. The Bertz CT molecular complexity index is 943. The lowest BCUT2D eigenvalue weighted by atomic mass is 10.1. The summed E-state index contributed by atoms with van der Waals surface area (Å²) in [5, 5.41) is 11.4. The first kappa shape index (κ1) is 19.8. The van der Waals surface area contributed by atoms with E-state index in [0.717, 1.165) is 5.56 Å². The highest BCUT2D eigenvalue weighted by Crippen LogP contribution is 2.21. The summed E-state index contributed by atoms with van der Waals surface area (Å²) >= 11 is 5.92. The minimum absolute atomic E-state index is 0.0425. The predicted octanol–water partition coefficient (Wildman–Crippen LogP) is 1.90. The summed E-state index contributed by atoms with van der Waals surface area (Å²) in [6.45, 7) is 4.05. The molecular formula is C18H21ClN3O4S+. The Morgan fingerprint density at radius 1 is 1.15 bits per heavy atom. The Kier molecular flexibility index (Phi) is 5.81. The maximum atomic E-state index is 12.8. The van der Waals surface area contributed by atoms with Gasteiger partial charge in [-0.05, 0) is 25.1 Å². The number of quaternary nitrogens is 1. The van der Waals surface area contributed by atoms with E-state index in [9.17, 15) is 18.5 Å². The number of hydrogen-bond acceptors (Lipinski definition) is 4. The van der Waals surface area contributed by atoms with Gasteiger partial charge in [0.05, 0.1) is 36.0 Å². The highest BCUT2D eigenvalue weighted by atomic mass is 35.5. The van der Waals surface area contributed by atoms with E-state index in [2.05, 4.69) is 0 Å². The summed E-state index contributed by atoms with van der Waals surface area (Å²) in [6.07, 6.45) is 0. The monoisotopic (exact) mass is 410 g/mol. The van der Waals surface area contributed by atoms with Crippen LogP contribution in [-0.2, 0) is 10.0 Å². The molecule has 1 heterocycles. The SMILES string of the molecule is C[C@H](c1cccc([N+](=O)[O-])c1)[NH+]1CCN(S(=O)(=O)c2cccc(Cl)c2)CC1. The van der Waals surface area contributed by atoms with Gasteiger partial charge in [-0.15, -0.1) is 0 Å². The normalized spacial score (nSPS) is 17.6. The Balaban J connectivity index is 1.70. The molecule has 0 bridgehead atoms. The Morgan fingerprint density at radius 3 is 2.44 bits per heavy atom. The highest BCUT2D eigenvalue weighted by Gasteiger charge is 2.33. The third-order valence-electron chi connectivity index (χ3n) is 4.99. The minimum Gasteiger partial charge on any atom is -0.327 e. The molecule has 0 saturated carbocycles. The summed E-state index contributed by atoms with van der Waals surface area (Å²) in [7, 11) is -3.57. The van der Waals surface area contributed by atoms with Crippen molar-refractivity contribution in [1.82, 2.24) is 4.31 Å². The number of piperazine rings is 1. The van der Waals surface area contributed by atoms with Crippen LogP contribution in [0.15, 0.2) is 53.4 Å². The third-order valence-corrected chi connectivity index (χ3v) is 7.12. The molecule has 0 aromatic heterocycles. The second-order valence-electron chi connectivity index (χ2n) is 6.59. The van der Waals surface area contributed by atoms with Crippen LogP contribution in [0.2, 0.25) is 5.02 Å². The van der Waals surface area contributed by atoms with Crippen molar-refractivity contribution in [2.75, 3.05) is 26.2 Å². The van der Waals surface area contributed by atoms with Crippen LogP contribution in [0.25, 0.3) is 0 Å². The predicted molar refractivity (Wildman–Crippen MR) is 102 cm³/mol. The molecule has 0 unspecified atom stereocenters. The van der Waals surface area contributed by atoms with Gasteiger partial charge in [-0.1, -0.05) is 29.8 Å². The third kappa shape index (κ3) is 4.30. The number of benzene rings is 2. The highest BCUT2D eigenvalue weighted by molar-refractivity contribution is 7.89. The topological polar surface area (TPSA) is 85.0 Å². The zero-order valence-corrected chi connectivity index (χ0v) is 16.4. The van der Waals surface area contributed by atoms with Crippen molar-refractivity contribution >= 4 is 27.3 Å². The van der Waals surface area contributed by atoms with E-state index >= 15 is 0 Å². The van der Waals surface area contributed by atoms with E-state index in [-0.39, 0.29) is 16.6 Å². The van der Waals surface area contributed by atoms with Gasteiger partial charge in [0, 0.05) is 22.7 Å². The first-order valence-corrected chi connectivity index (χ1v) is 10.5. The molecule has 9 heteroatoms. The number of non-ortho nitro benzene ring substituents is 1. The van der Waals surface area contributed by atoms with Crippen molar-refractivity contribution in [3.8, 4) is 0 Å². The smallest absolute Gasteiger partial charge is 0.269 e. The molecule has 3 rings (SSSR count). The average molecular weight is 411 g/mol. The van der Waals surface area contributed by atoms with Gasteiger partial charge in [0.25, 0.3) is 5.69 Å². The first-order valence-electron chi connectivity index (χ1n) is 8.63. The molecule has 1 N–H and O–H groups in total. The number of nitro groups is 1. The minimum atomic E-state index is -3.57. The average Bonchev–Trinajstić information content (AvgIpc) is 2.67. The number of nitrogens with zero attached hydrogens (tertiary/aromatic N) is 2. The second-order valence-corrected chi connectivity index (χ2v) is 8.97. The van der Waals surface area contributed by atoms with E-state index in [1.54, 1.807) is 30.3 Å². The van der Waals surface area contributed by atoms with Gasteiger partial charge in [-0.3, -0.25) is 10.1 Å². The fourth-order valence-electron chi connectivity index (χ4n) is 3.37. The summed E-state index contributed by atoms with van der Waals surface area (Å²) in [5.74, 6) is 0. The van der Waals surface area contributed by atoms with Gasteiger partial charge < -0.3 is 4.90 Å². The number of hydrogen-bond donors (Lipinski definition) is 1. The molecule has 27 heavy (non-hydrogen) atoms. The van der Waals surface area contributed by atoms with Crippen molar-refractivity contribution in [3.63, 3.8) is 0 Å². The number of nitrogens with one attached hydrogen (secondary N) is 1. The van der Waals surface area contributed by atoms with Crippen molar-refractivity contribution in [2.45, 2.75) is 17.9 Å². The zero-order chi connectivity index (χ0) is 19.6. The van der Waals surface area contributed by atoms with Crippen LogP contribution in [0.4, 0.5) is 5.69 Å². The van der Waals surface area contributed by atoms with Gasteiger partial charge in [-0.25, -0.2) is 8.42 Å². The van der Waals surface area contributed by atoms with Gasteiger partial charge >= 0.3 is 0 Å². The van der Waals surface area contributed by atoms with Crippen molar-refractivity contribution in [2.24, 2.45) is 0 Å². The molecule has 0 aliphatic carbocycles. The summed E-state index contributed by atoms with van der Waals surface area (Å²) in [6, 6.07) is 12.9. The van der Waals surface area contributed by atoms with Crippen LogP contribution in [0, 0.1) is 10.1 Å². The molecule has 7 nitrogen and oxygen atoms in total. The van der Waals surface area contributed by atoms with Crippen LogP contribution >= 0.6 is 11.6 Å². The quantitative estimate of drug-likeness (QED) is 0.602. The molecule has 0 spiro atoms. The van der Waals surface area contributed by atoms with Crippen LogP contribution in [0.5, 0.6) is 0 Å². The van der Waals surface area contributed by atoms with Crippen molar-refractivity contribution < 1.29 is 18.2 Å². The number of rotatable bonds is 5. The van der Waals surface area contributed by atoms with Gasteiger partial charge in [0.15, 0.2) is 0 Å². The standard InChI is InChI=1S/C18H20ClN3O4S/c1-14(15-4-2-6-17(12-15)22(23)24)20-8-10-21(11-9-20)27(25,26)18-7-3-5-16(19)13-18/h2-7,12-14H,8-11H2,1H3/p+1/t14-/m1/s1. The lowest BCUT2D eigenvalue weighted by Gasteiger charge is -2.34. The molecule has 1 aliphatic heterocycles. The van der Waals surface area contributed by atoms with E-state index in [1.165, 1.54) is 21.3 Å². The fourth-order valence-corrected chi connectivity index (χ4v) is 5.11. The van der Waals surface area contributed by atoms with E-state index in [0.29, 0.717) is 31.2 Å². The second kappa shape index (κ2) is 7.93. The van der Waals surface area contributed by atoms with Crippen LogP contribution in [0.1, 0.15) is 18.5 Å². The van der Waals surface area contributed by atoms with Crippen LogP contribution in [-0.4, -0.2) is 43.8 Å². The van der Waals surface area contributed by atoms with Gasteiger partial charge in [-0.2, -0.15) is 4.31 Å². The van der Waals surface area contributed by atoms with Crippen molar-refractivity contribution in [3.05, 3.63) is 69.2 Å². The molecule has 2 aromatic rings. The fraction of sp³-hybridized carbons (Fsp3) is 0.333. The van der Waals surface area contributed by atoms with Gasteiger partial charge in [0.2, 0.25) is 10.0 Å². The van der Waals surface area contributed by atoms with Crippen molar-refractivity contribution in [1.29, 1.82) is 0 Å².